The lowest BCUT2D eigenvalue weighted by atomic mass is 9.92. The molecule has 1 atom stereocenters. The van der Waals surface area contributed by atoms with Gasteiger partial charge in [-0.1, -0.05) is 24.3 Å². The van der Waals surface area contributed by atoms with Crippen LogP contribution in [0.1, 0.15) is 30.4 Å². The van der Waals surface area contributed by atoms with E-state index >= 15 is 0 Å². The number of nitrogens with one attached hydrogen (secondary N) is 1. The van der Waals surface area contributed by atoms with Gasteiger partial charge in [0.15, 0.2) is 0 Å². The van der Waals surface area contributed by atoms with E-state index in [4.69, 9.17) is 0 Å². The van der Waals surface area contributed by atoms with Gasteiger partial charge in [-0.15, -0.1) is 0 Å². The summed E-state index contributed by atoms with van der Waals surface area (Å²) in [6, 6.07) is 8.76. The van der Waals surface area contributed by atoms with E-state index in [0.29, 0.717) is 5.41 Å². The highest BCUT2D eigenvalue weighted by molar-refractivity contribution is 5.25. The van der Waals surface area contributed by atoms with Gasteiger partial charge in [0, 0.05) is 13.1 Å². The largest absolute Gasteiger partial charge is 0.317 e. The van der Waals surface area contributed by atoms with Gasteiger partial charge in [0.2, 0.25) is 0 Å². The zero-order chi connectivity index (χ0) is 13.3. The van der Waals surface area contributed by atoms with Crippen molar-refractivity contribution in [2.24, 2.45) is 11.3 Å². The molecule has 19 heavy (non-hydrogen) atoms. The van der Waals surface area contributed by atoms with E-state index in [9.17, 15) is 0 Å². The van der Waals surface area contributed by atoms with Crippen molar-refractivity contribution in [1.29, 1.82) is 0 Å². The highest BCUT2D eigenvalue weighted by atomic mass is 15.1. The third-order valence-corrected chi connectivity index (χ3v) is 5.19. The molecule has 1 aromatic carbocycles. The Morgan fingerprint density at radius 1 is 1.26 bits per heavy atom. The Morgan fingerprint density at radius 2 is 2.00 bits per heavy atom. The van der Waals surface area contributed by atoms with E-state index in [-0.39, 0.29) is 0 Å². The first-order chi connectivity index (χ1) is 9.20. The van der Waals surface area contributed by atoms with Crippen molar-refractivity contribution < 1.29 is 0 Å². The fourth-order valence-corrected chi connectivity index (χ4v) is 3.75. The fraction of sp³-hybridized carbons (Fsp3) is 0.647. The molecule has 3 rings (SSSR count). The zero-order valence-corrected chi connectivity index (χ0v) is 12.3. The average molecular weight is 258 g/mol. The minimum absolute atomic E-state index is 0.714. The SMILES string of the molecule is Cc1ccccc1CN(C)CC1CC12CCNCC2. The van der Waals surface area contributed by atoms with Crippen LogP contribution in [0.4, 0.5) is 0 Å². The van der Waals surface area contributed by atoms with Crippen LogP contribution >= 0.6 is 0 Å². The molecule has 1 aliphatic heterocycles. The molecule has 104 valence electrons. The second-order valence-corrected chi connectivity index (χ2v) is 6.64. The van der Waals surface area contributed by atoms with E-state index in [0.717, 1.165) is 12.5 Å². The standard InChI is InChI=1S/C17H26N2/c1-14-5-3-4-6-15(14)12-19(2)13-16-11-17(16)7-9-18-10-8-17/h3-6,16,18H,7-13H2,1-2H3. The maximum absolute atomic E-state index is 3.49. The lowest BCUT2D eigenvalue weighted by Crippen LogP contribution is -2.31. The normalized spacial score (nSPS) is 24.9. The molecule has 0 aromatic heterocycles. The monoisotopic (exact) mass is 258 g/mol. The number of piperidine rings is 1. The van der Waals surface area contributed by atoms with Crippen LogP contribution in [-0.4, -0.2) is 31.6 Å². The van der Waals surface area contributed by atoms with Crippen molar-refractivity contribution in [1.82, 2.24) is 10.2 Å². The van der Waals surface area contributed by atoms with Crippen molar-refractivity contribution in [3.05, 3.63) is 35.4 Å². The predicted octanol–water partition coefficient (Wildman–Crippen LogP) is 2.82. The third-order valence-electron chi connectivity index (χ3n) is 5.19. The van der Waals surface area contributed by atoms with Crippen LogP contribution in [0.2, 0.25) is 0 Å². The molecule has 1 saturated carbocycles. The van der Waals surface area contributed by atoms with Crippen molar-refractivity contribution >= 4 is 0 Å². The van der Waals surface area contributed by atoms with Crippen LogP contribution in [0.25, 0.3) is 0 Å². The van der Waals surface area contributed by atoms with Crippen LogP contribution in [0, 0.1) is 18.3 Å². The summed E-state index contributed by atoms with van der Waals surface area (Å²) in [6.45, 7) is 7.05. The number of rotatable bonds is 4. The van der Waals surface area contributed by atoms with Crippen LogP contribution in [0.5, 0.6) is 0 Å². The lowest BCUT2D eigenvalue weighted by molar-refractivity contribution is 0.257. The molecule has 2 heteroatoms. The summed E-state index contributed by atoms with van der Waals surface area (Å²) < 4.78 is 0. The van der Waals surface area contributed by atoms with Gasteiger partial charge in [0.25, 0.3) is 0 Å². The Labute approximate surface area is 117 Å². The molecule has 0 amide bonds. The number of aryl methyl sites for hydroxylation is 1. The first kappa shape index (κ1) is 13.1. The van der Waals surface area contributed by atoms with Gasteiger partial charge in [-0.25, -0.2) is 0 Å². The maximum atomic E-state index is 3.49. The third kappa shape index (κ3) is 2.85. The van der Waals surface area contributed by atoms with Crippen LogP contribution < -0.4 is 5.32 Å². The van der Waals surface area contributed by atoms with E-state index < -0.39 is 0 Å². The molecule has 1 spiro atoms. The summed E-state index contributed by atoms with van der Waals surface area (Å²) in [5.74, 6) is 0.948. The van der Waals surface area contributed by atoms with Crippen molar-refractivity contribution in [2.45, 2.75) is 32.7 Å². The Bertz CT molecular complexity index is 435. The molecule has 2 nitrogen and oxygen atoms in total. The summed E-state index contributed by atoms with van der Waals surface area (Å²) >= 11 is 0. The highest BCUT2D eigenvalue weighted by Gasteiger charge is 2.53. The Hall–Kier alpha value is -0.860. The Balaban J connectivity index is 1.53. The van der Waals surface area contributed by atoms with Gasteiger partial charge in [-0.05, 0) is 68.8 Å². The second-order valence-electron chi connectivity index (χ2n) is 6.64. The van der Waals surface area contributed by atoms with Crippen molar-refractivity contribution in [2.75, 3.05) is 26.7 Å². The molecular formula is C17H26N2. The number of hydrogen-bond acceptors (Lipinski definition) is 2. The second kappa shape index (κ2) is 5.26. The summed E-state index contributed by atoms with van der Waals surface area (Å²) in [4.78, 5) is 2.52. The smallest absolute Gasteiger partial charge is 0.0233 e. The molecule has 1 unspecified atom stereocenters. The average Bonchev–Trinajstić information content (AvgIpc) is 3.04. The van der Waals surface area contributed by atoms with Gasteiger partial charge in [-0.2, -0.15) is 0 Å². The van der Waals surface area contributed by atoms with Gasteiger partial charge < -0.3 is 10.2 Å². The van der Waals surface area contributed by atoms with Crippen LogP contribution in [0.3, 0.4) is 0 Å². The first-order valence-corrected chi connectivity index (χ1v) is 7.63. The van der Waals surface area contributed by atoms with Crippen molar-refractivity contribution in [3.63, 3.8) is 0 Å². The van der Waals surface area contributed by atoms with E-state index in [1.807, 2.05) is 0 Å². The summed E-state index contributed by atoms with van der Waals surface area (Å²) in [5.41, 5.74) is 3.61. The Kier molecular flexibility index (Phi) is 3.64. The molecule has 1 aliphatic carbocycles. The van der Waals surface area contributed by atoms with E-state index in [1.54, 1.807) is 0 Å². The maximum Gasteiger partial charge on any atom is 0.0233 e. The van der Waals surface area contributed by atoms with Gasteiger partial charge >= 0.3 is 0 Å². The van der Waals surface area contributed by atoms with Gasteiger partial charge in [0.1, 0.15) is 0 Å². The van der Waals surface area contributed by atoms with Gasteiger partial charge in [0.05, 0.1) is 0 Å². The first-order valence-electron chi connectivity index (χ1n) is 7.63. The van der Waals surface area contributed by atoms with Crippen LogP contribution in [0.15, 0.2) is 24.3 Å². The summed E-state index contributed by atoms with van der Waals surface area (Å²) in [5, 5.41) is 3.49. The molecule has 2 aliphatic rings. The Morgan fingerprint density at radius 3 is 2.74 bits per heavy atom. The van der Waals surface area contributed by atoms with Gasteiger partial charge in [-0.3, -0.25) is 0 Å². The van der Waals surface area contributed by atoms with Crippen molar-refractivity contribution in [3.8, 4) is 0 Å². The lowest BCUT2D eigenvalue weighted by Gasteiger charge is -2.25. The van der Waals surface area contributed by atoms with Crippen LogP contribution in [-0.2, 0) is 6.54 Å². The van der Waals surface area contributed by atoms with E-state index in [2.05, 4.69) is 48.5 Å². The quantitative estimate of drug-likeness (QED) is 0.893. The fourth-order valence-electron chi connectivity index (χ4n) is 3.75. The highest BCUT2D eigenvalue weighted by Crippen LogP contribution is 2.58. The molecule has 1 N–H and O–H groups in total. The molecule has 1 saturated heterocycles. The molecule has 0 bridgehead atoms. The number of hydrogen-bond donors (Lipinski definition) is 1. The number of nitrogens with zero attached hydrogens (tertiary/aromatic N) is 1. The molecule has 1 heterocycles. The minimum atomic E-state index is 0.714. The molecule has 2 fully saturated rings. The zero-order valence-electron chi connectivity index (χ0n) is 12.3. The molecule has 0 radical (unpaired) electrons. The van der Waals surface area contributed by atoms with E-state index in [1.165, 1.54) is 50.0 Å². The predicted molar refractivity (Wildman–Crippen MR) is 80.2 cm³/mol. The summed E-state index contributed by atoms with van der Waals surface area (Å²) in [6.07, 6.45) is 4.26. The molecule has 1 aromatic rings. The topological polar surface area (TPSA) is 15.3 Å². The molecular weight excluding hydrogens is 232 g/mol. The minimum Gasteiger partial charge on any atom is -0.317 e. The number of benzene rings is 1. The summed E-state index contributed by atoms with van der Waals surface area (Å²) in [7, 11) is 2.28.